The first-order valence-electron chi connectivity index (χ1n) is 7.43. The van der Waals surface area contributed by atoms with Gasteiger partial charge in [0.1, 0.15) is 0 Å². The molecule has 6 nitrogen and oxygen atoms in total. The summed E-state index contributed by atoms with van der Waals surface area (Å²) in [6, 6.07) is 10.5. The Balaban J connectivity index is 2.00. The summed E-state index contributed by atoms with van der Waals surface area (Å²) in [5.41, 5.74) is 0.357. The van der Waals surface area contributed by atoms with E-state index in [1.165, 1.54) is 0 Å². The molecule has 3 aromatic rings. The van der Waals surface area contributed by atoms with E-state index in [0.717, 1.165) is 0 Å². The van der Waals surface area contributed by atoms with Gasteiger partial charge < -0.3 is 10.1 Å². The Morgan fingerprint density at radius 2 is 1.84 bits per heavy atom. The van der Waals surface area contributed by atoms with Gasteiger partial charge in [-0.3, -0.25) is 9.59 Å². The number of aromatic amines is 1. The van der Waals surface area contributed by atoms with Crippen LogP contribution in [0.15, 0.2) is 50.1 Å². The van der Waals surface area contributed by atoms with Crippen LogP contribution in [0.4, 0.5) is 5.69 Å². The van der Waals surface area contributed by atoms with Gasteiger partial charge in [0.2, 0.25) is 11.8 Å². The molecule has 1 heterocycles. The van der Waals surface area contributed by atoms with E-state index >= 15 is 0 Å². The first-order valence-corrected chi connectivity index (χ1v) is 9.02. The normalized spacial score (nSPS) is 10.7. The molecule has 0 saturated heterocycles. The maximum atomic E-state index is 11.9. The van der Waals surface area contributed by atoms with Gasteiger partial charge >= 0.3 is 0 Å². The van der Waals surface area contributed by atoms with Crippen LogP contribution in [-0.4, -0.2) is 16.1 Å². The van der Waals surface area contributed by atoms with Crippen LogP contribution in [0.2, 0.25) is 0 Å². The third-order valence-electron chi connectivity index (χ3n) is 3.46. The number of H-pyrrole nitrogens is 1. The fourth-order valence-electron chi connectivity index (χ4n) is 2.24. The zero-order valence-electron chi connectivity index (χ0n) is 13.1. The van der Waals surface area contributed by atoms with Crippen LogP contribution in [0.5, 0.6) is 11.6 Å². The Labute approximate surface area is 159 Å². The van der Waals surface area contributed by atoms with E-state index in [-0.39, 0.29) is 17.3 Å². The maximum Gasteiger partial charge on any atom is 0.272 e. The molecule has 0 spiro atoms. The Morgan fingerprint density at radius 3 is 2.48 bits per heavy atom. The lowest BCUT2D eigenvalue weighted by atomic mass is 10.2. The van der Waals surface area contributed by atoms with Crippen molar-refractivity contribution in [2.45, 2.75) is 13.3 Å². The summed E-state index contributed by atoms with van der Waals surface area (Å²) in [5.74, 6) is 0.682. The molecule has 128 valence electrons. The summed E-state index contributed by atoms with van der Waals surface area (Å²) in [6.45, 7) is 1.78. The number of benzene rings is 2. The number of fused-ring (bicyclic) bond motifs is 1. The Hall–Kier alpha value is -2.19. The highest BCUT2D eigenvalue weighted by molar-refractivity contribution is 9.11. The summed E-state index contributed by atoms with van der Waals surface area (Å²) in [7, 11) is 0. The predicted octanol–water partition coefficient (Wildman–Crippen LogP) is 4.59. The molecule has 2 N–H and O–H groups in total. The number of aromatic nitrogens is 2. The van der Waals surface area contributed by atoms with Crippen LogP contribution < -0.4 is 15.6 Å². The number of anilines is 1. The third-order valence-corrected chi connectivity index (χ3v) is 4.64. The fourth-order valence-corrected chi connectivity index (χ4v) is 3.59. The summed E-state index contributed by atoms with van der Waals surface area (Å²) in [4.78, 5) is 23.4. The van der Waals surface area contributed by atoms with Gasteiger partial charge in [0.15, 0.2) is 5.75 Å². The molecule has 0 radical (unpaired) electrons. The molecular formula is C17H13Br2N3O3. The van der Waals surface area contributed by atoms with E-state index in [1.54, 1.807) is 37.3 Å². The Bertz CT molecular complexity index is 994. The van der Waals surface area contributed by atoms with E-state index in [0.29, 0.717) is 37.6 Å². The minimum atomic E-state index is -0.279. The minimum absolute atomic E-state index is 0.0826. The molecule has 0 atom stereocenters. The molecule has 0 bridgehead atoms. The number of halogens is 2. The van der Waals surface area contributed by atoms with Crippen LogP contribution in [0.25, 0.3) is 10.8 Å². The van der Waals surface area contributed by atoms with Crippen LogP contribution in [0.3, 0.4) is 0 Å². The second kappa shape index (κ2) is 7.37. The zero-order valence-corrected chi connectivity index (χ0v) is 16.3. The molecule has 0 aliphatic carbocycles. The van der Waals surface area contributed by atoms with Crippen molar-refractivity contribution in [3.8, 4) is 11.6 Å². The number of nitrogens with one attached hydrogen (secondary N) is 2. The molecule has 8 heteroatoms. The lowest BCUT2D eigenvalue weighted by Crippen LogP contribution is -2.10. The average Bonchev–Trinajstić information content (AvgIpc) is 2.60. The molecule has 25 heavy (non-hydrogen) atoms. The third kappa shape index (κ3) is 3.74. The van der Waals surface area contributed by atoms with E-state index in [2.05, 4.69) is 47.4 Å². The van der Waals surface area contributed by atoms with Crippen LogP contribution in [0, 0.1) is 0 Å². The van der Waals surface area contributed by atoms with Gasteiger partial charge in [-0.15, -0.1) is 5.10 Å². The second-order valence-electron chi connectivity index (χ2n) is 5.18. The summed E-state index contributed by atoms with van der Waals surface area (Å²) >= 11 is 6.88. The first-order chi connectivity index (χ1) is 12.0. The van der Waals surface area contributed by atoms with Gasteiger partial charge in [0, 0.05) is 12.1 Å². The Morgan fingerprint density at radius 1 is 1.20 bits per heavy atom. The number of ether oxygens (including phenoxy) is 1. The van der Waals surface area contributed by atoms with Crippen LogP contribution in [-0.2, 0) is 4.79 Å². The van der Waals surface area contributed by atoms with E-state index in [9.17, 15) is 9.59 Å². The van der Waals surface area contributed by atoms with Gasteiger partial charge in [-0.1, -0.05) is 19.1 Å². The molecule has 0 unspecified atom stereocenters. The molecule has 0 aliphatic heterocycles. The predicted molar refractivity (Wildman–Crippen MR) is 103 cm³/mol. The number of nitrogens with zero attached hydrogens (tertiary/aromatic N) is 1. The fraction of sp³-hybridized carbons (Fsp3) is 0.118. The van der Waals surface area contributed by atoms with Crippen molar-refractivity contribution in [3.05, 3.63) is 55.7 Å². The van der Waals surface area contributed by atoms with Gasteiger partial charge in [-0.2, -0.15) is 0 Å². The number of amides is 1. The van der Waals surface area contributed by atoms with Crippen molar-refractivity contribution in [2.24, 2.45) is 0 Å². The van der Waals surface area contributed by atoms with Gasteiger partial charge in [0.25, 0.3) is 5.56 Å². The van der Waals surface area contributed by atoms with E-state index in [4.69, 9.17) is 4.74 Å². The highest BCUT2D eigenvalue weighted by Gasteiger charge is 2.14. The van der Waals surface area contributed by atoms with Crippen molar-refractivity contribution < 1.29 is 9.53 Å². The van der Waals surface area contributed by atoms with Crippen molar-refractivity contribution in [2.75, 3.05) is 5.32 Å². The number of carbonyl (C=O) groups is 1. The summed E-state index contributed by atoms with van der Waals surface area (Å²) in [5, 5.41) is 10.3. The SMILES string of the molecule is CCC(=O)Nc1cc(Br)c(Oc2n[nH]c(=O)c3ccccc23)c(Br)c1. The lowest BCUT2D eigenvalue weighted by Gasteiger charge is -2.13. The summed E-state index contributed by atoms with van der Waals surface area (Å²) < 4.78 is 7.17. The number of carbonyl (C=O) groups excluding carboxylic acids is 1. The van der Waals surface area contributed by atoms with Gasteiger partial charge in [-0.25, -0.2) is 5.10 Å². The first kappa shape index (κ1) is 17.6. The van der Waals surface area contributed by atoms with Gasteiger partial charge in [-0.05, 0) is 56.1 Å². The quantitative estimate of drug-likeness (QED) is 0.588. The van der Waals surface area contributed by atoms with E-state index < -0.39 is 0 Å². The topological polar surface area (TPSA) is 84.1 Å². The zero-order chi connectivity index (χ0) is 18.0. The lowest BCUT2D eigenvalue weighted by molar-refractivity contribution is -0.115. The average molecular weight is 467 g/mol. The number of hydrogen-bond acceptors (Lipinski definition) is 4. The molecule has 1 amide bonds. The highest BCUT2D eigenvalue weighted by Crippen LogP contribution is 2.39. The molecule has 0 saturated carbocycles. The van der Waals surface area contributed by atoms with Crippen molar-refractivity contribution in [1.29, 1.82) is 0 Å². The van der Waals surface area contributed by atoms with Gasteiger partial charge in [0.05, 0.1) is 19.7 Å². The largest absolute Gasteiger partial charge is 0.435 e. The summed E-state index contributed by atoms with van der Waals surface area (Å²) in [6.07, 6.45) is 0.390. The number of rotatable bonds is 4. The molecule has 3 rings (SSSR count). The van der Waals surface area contributed by atoms with Crippen molar-refractivity contribution in [1.82, 2.24) is 10.2 Å². The highest BCUT2D eigenvalue weighted by atomic mass is 79.9. The van der Waals surface area contributed by atoms with Crippen LogP contribution in [0.1, 0.15) is 13.3 Å². The molecule has 0 aliphatic rings. The molecule has 2 aromatic carbocycles. The monoisotopic (exact) mass is 465 g/mol. The minimum Gasteiger partial charge on any atom is -0.435 e. The second-order valence-corrected chi connectivity index (χ2v) is 6.88. The maximum absolute atomic E-state index is 11.9. The molecular weight excluding hydrogens is 454 g/mol. The smallest absolute Gasteiger partial charge is 0.272 e. The molecule has 1 aromatic heterocycles. The van der Waals surface area contributed by atoms with Crippen LogP contribution >= 0.6 is 31.9 Å². The molecule has 0 fully saturated rings. The van der Waals surface area contributed by atoms with E-state index in [1.807, 2.05) is 6.07 Å². The Kier molecular flexibility index (Phi) is 5.19. The standard InChI is InChI=1S/C17H13Br2N3O3/c1-2-14(23)20-9-7-12(18)15(13(19)8-9)25-17-11-6-4-3-5-10(11)16(24)21-22-17/h3-8H,2H2,1H3,(H,20,23)(H,21,24). The van der Waals surface area contributed by atoms with Crippen molar-refractivity contribution in [3.63, 3.8) is 0 Å². The van der Waals surface area contributed by atoms with Crippen molar-refractivity contribution >= 4 is 54.2 Å². The number of hydrogen-bond donors (Lipinski definition) is 2.